The molecule has 112 valence electrons. The van der Waals surface area contributed by atoms with E-state index >= 15 is 0 Å². The predicted molar refractivity (Wildman–Crippen MR) is 70.2 cm³/mol. The number of carbonyl (C=O) groups excluding carboxylic acids is 1. The summed E-state index contributed by atoms with van der Waals surface area (Å²) >= 11 is 1.02. The number of carboxylic acids is 1. The van der Waals surface area contributed by atoms with Gasteiger partial charge >= 0.3 is 11.9 Å². The summed E-state index contributed by atoms with van der Waals surface area (Å²) in [6, 6.07) is 0. The standard InChI is InChI=1S/C11H17N3O5S/c1-2-19-10(18)4-3-5-14-8(6-15)12-13-11(14)20-7-9(16)17/h15H,2-7H2,1H3,(H,16,17). The first-order valence-electron chi connectivity index (χ1n) is 6.11. The highest BCUT2D eigenvalue weighted by atomic mass is 32.2. The highest BCUT2D eigenvalue weighted by Crippen LogP contribution is 2.17. The van der Waals surface area contributed by atoms with Crippen molar-refractivity contribution < 1.29 is 24.5 Å². The topological polar surface area (TPSA) is 115 Å². The van der Waals surface area contributed by atoms with Gasteiger partial charge in [0.05, 0.1) is 12.4 Å². The molecular formula is C11H17N3O5S. The van der Waals surface area contributed by atoms with Crippen molar-refractivity contribution in [2.75, 3.05) is 12.4 Å². The third kappa shape index (κ3) is 5.17. The number of carboxylic acid groups (broad SMARTS) is 1. The van der Waals surface area contributed by atoms with E-state index in [2.05, 4.69) is 10.2 Å². The van der Waals surface area contributed by atoms with Crippen LogP contribution in [0.15, 0.2) is 5.16 Å². The molecule has 0 aliphatic carbocycles. The van der Waals surface area contributed by atoms with E-state index in [0.29, 0.717) is 30.6 Å². The molecule has 0 aliphatic rings. The highest BCUT2D eigenvalue weighted by molar-refractivity contribution is 7.99. The van der Waals surface area contributed by atoms with Gasteiger partial charge in [-0.1, -0.05) is 11.8 Å². The molecule has 20 heavy (non-hydrogen) atoms. The van der Waals surface area contributed by atoms with Crippen molar-refractivity contribution in [3.63, 3.8) is 0 Å². The number of ether oxygens (including phenoxy) is 1. The van der Waals surface area contributed by atoms with Gasteiger partial charge in [-0.3, -0.25) is 9.59 Å². The van der Waals surface area contributed by atoms with Crippen LogP contribution in [0.5, 0.6) is 0 Å². The second-order valence-corrected chi connectivity index (χ2v) is 4.74. The van der Waals surface area contributed by atoms with Gasteiger partial charge in [-0.25, -0.2) is 0 Å². The Balaban J connectivity index is 2.59. The number of aliphatic hydroxyl groups excluding tert-OH is 1. The van der Waals surface area contributed by atoms with Crippen molar-refractivity contribution in [1.82, 2.24) is 14.8 Å². The van der Waals surface area contributed by atoms with Crippen molar-refractivity contribution >= 4 is 23.7 Å². The van der Waals surface area contributed by atoms with E-state index in [9.17, 15) is 9.59 Å². The van der Waals surface area contributed by atoms with E-state index in [0.717, 1.165) is 11.8 Å². The van der Waals surface area contributed by atoms with Crippen LogP contribution >= 0.6 is 11.8 Å². The van der Waals surface area contributed by atoms with Crippen LogP contribution in [0.1, 0.15) is 25.6 Å². The Morgan fingerprint density at radius 3 is 2.75 bits per heavy atom. The zero-order valence-electron chi connectivity index (χ0n) is 11.1. The van der Waals surface area contributed by atoms with Gasteiger partial charge in [0.2, 0.25) is 0 Å². The molecule has 1 rings (SSSR count). The maximum atomic E-state index is 11.2. The minimum Gasteiger partial charge on any atom is -0.481 e. The van der Waals surface area contributed by atoms with Crippen LogP contribution in [0, 0.1) is 0 Å². The van der Waals surface area contributed by atoms with E-state index < -0.39 is 5.97 Å². The SMILES string of the molecule is CCOC(=O)CCCn1c(CO)nnc1SCC(=O)O. The summed E-state index contributed by atoms with van der Waals surface area (Å²) < 4.78 is 6.43. The van der Waals surface area contributed by atoms with E-state index in [1.807, 2.05) is 0 Å². The minimum absolute atomic E-state index is 0.137. The minimum atomic E-state index is -0.957. The second kappa shape index (κ2) is 8.54. The summed E-state index contributed by atoms with van der Waals surface area (Å²) in [6.07, 6.45) is 0.754. The Morgan fingerprint density at radius 1 is 1.40 bits per heavy atom. The average Bonchev–Trinajstić information content (AvgIpc) is 2.79. The van der Waals surface area contributed by atoms with Gasteiger partial charge in [-0.15, -0.1) is 10.2 Å². The quantitative estimate of drug-likeness (QED) is 0.494. The highest BCUT2D eigenvalue weighted by Gasteiger charge is 2.13. The first kappa shape index (κ1) is 16.4. The van der Waals surface area contributed by atoms with Crippen molar-refractivity contribution in [2.24, 2.45) is 0 Å². The summed E-state index contributed by atoms with van der Waals surface area (Å²) in [7, 11) is 0. The van der Waals surface area contributed by atoms with Crippen LogP contribution in [-0.2, 0) is 27.5 Å². The maximum Gasteiger partial charge on any atom is 0.313 e. The molecule has 0 spiro atoms. The van der Waals surface area contributed by atoms with Gasteiger partial charge in [-0.05, 0) is 13.3 Å². The Bertz CT molecular complexity index is 463. The molecule has 0 aliphatic heterocycles. The third-order valence-electron chi connectivity index (χ3n) is 2.33. The number of nitrogens with zero attached hydrogens (tertiary/aromatic N) is 3. The molecule has 0 amide bonds. The van der Waals surface area contributed by atoms with Crippen LogP contribution in [0.2, 0.25) is 0 Å². The van der Waals surface area contributed by atoms with Crippen LogP contribution in [-0.4, -0.2) is 49.3 Å². The number of esters is 1. The third-order valence-corrected chi connectivity index (χ3v) is 3.28. The summed E-state index contributed by atoms with van der Waals surface area (Å²) in [6.45, 7) is 2.21. The number of hydrogen-bond donors (Lipinski definition) is 2. The molecule has 1 aromatic rings. The molecule has 9 heteroatoms. The molecular weight excluding hydrogens is 286 g/mol. The van der Waals surface area contributed by atoms with Gasteiger partial charge in [-0.2, -0.15) is 0 Å². The Kier molecular flexibility index (Phi) is 7.02. The van der Waals surface area contributed by atoms with Crippen molar-refractivity contribution in [1.29, 1.82) is 0 Å². The lowest BCUT2D eigenvalue weighted by Crippen LogP contribution is -2.10. The fourth-order valence-corrected chi connectivity index (χ4v) is 2.21. The molecule has 0 fully saturated rings. The Labute approximate surface area is 120 Å². The van der Waals surface area contributed by atoms with E-state index in [1.54, 1.807) is 11.5 Å². The smallest absolute Gasteiger partial charge is 0.313 e. The lowest BCUT2D eigenvalue weighted by Gasteiger charge is -2.08. The summed E-state index contributed by atoms with van der Waals surface area (Å²) in [5, 5.41) is 25.8. The number of hydrogen-bond acceptors (Lipinski definition) is 7. The Hall–Kier alpha value is -1.61. The summed E-state index contributed by atoms with van der Waals surface area (Å²) in [4.78, 5) is 21.8. The predicted octanol–water partition coefficient (Wildman–Crippen LogP) is 0.290. The fraction of sp³-hybridized carbons (Fsp3) is 0.636. The molecule has 0 aromatic carbocycles. The van der Waals surface area contributed by atoms with Gasteiger partial charge in [0, 0.05) is 13.0 Å². The van der Waals surface area contributed by atoms with Gasteiger partial charge in [0.25, 0.3) is 0 Å². The number of aliphatic hydroxyl groups is 1. The van der Waals surface area contributed by atoms with Crippen LogP contribution in [0.25, 0.3) is 0 Å². The lowest BCUT2D eigenvalue weighted by atomic mass is 10.3. The van der Waals surface area contributed by atoms with Crippen LogP contribution in [0.4, 0.5) is 0 Å². The van der Waals surface area contributed by atoms with Crippen molar-refractivity contribution in [3.8, 4) is 0 Å². The number of carbonyl (C=O) groups is 2. The summed E-state index contributed by atoms with van der Waals surface area (Å²) in [5.41, 5.74) is 0. The average molecular weight is 303 g/mol. The maximum absolute atomic E-state index is 11.2. The van der Waals surface area contributed by atoms with Crippen molar-refractivity contribution in [3.05, 3.63) is 5.82 Å². The molecule has 1 heterocycles. The van der Waals surface area contributed by atoms with E-state index in [-0.39, 0.29) is 24.7 Å². The molecule has 0 saturated heterocycles. The Morgan fingerprint density at radius 2 is 2.15 bits per heavy atom. The lowest BCUT2D eigenvalue weighted by molar-refractivity contribution is -0.143. The molecule has 8 nitrogen and oxygen atoms in total. The molecule has 0 atom stereocenters. The molecule has 0 unspecified atom stereocenters. The molecule has 1 aromatic heterocycles. The summed E-state index contributed by atoms with van der Waals surface area (Å²) in [5.74, 6) is -1.03. The normalized spacial score (nSPS) is 10.5. The van der Waals surface area contributed by atoms with Gasteiger partial charge in [0.1, 0.15) is 6.61 Å². The van der Waals surface area contributed by atoms with Gasteiger partial charge < -0.3 is 19.5 Å². The zero-order valence-corrected chi connectivity index (χ0v) is 11.9. The number of rotatable bonds is 9. The molecule has 0 bridgehead atoms. The monoisotopic (exact) mass is 303 g/mol. The largest absolute Gasteiger partial charge is 0.481 e. The molecule has 0 saturated carbocycles. The first-order valence-corrected chi connectivity index (χ1v) is 7.10. The number of thioether (sulfide) groups is 1. The fourth-order valence-electron chi connectivity index (χ4n) is 1.51. The zero-order chi connectivity index (χ0) is 15.0. The second-order valence-electron chi connectivity index (χ2n) is 3.80. The van der Waals surface area contributed by atoms with Crippen LogP contribution < -0.4 is 0 Å². The number of aliphatic carboxylic acids is 1. The van der Waals surface area contributed by atoms with E-state index in [4.69, 9.17) is 14.9 Å². The van der Waals surface area contributed by atoms with Crippen LogP contribution in [0.3, 0.4) is 0 Å². The first-order chi connectivity index (χ1) is 9.58. The van der Waals surface area contributed by atoms with Crippen molar-refractivity contribution in [2.45, 2.75) is 38.1 Å². The number of aromatic nitrogens is 3. The molecule has 0 radical (unpaired) electrons. The molecule has 2 N–H and O–H groups in total. The van der Waals surface area contributed by atoms with Gasteiger partial charge in [0.15, 0.2) is 11.0 Å². The van der Waals surface area contributed by atoms with E-state index in [1.165, 1.54) is 0 Å².